The molecule has 0 aliphatic carbocycles. The number of carbonyl (C=O) groups excluding carboxylic acids is 1. The summed E-state index contributed by atoms with van der Waals surface area (Å²) in [6, 6.07) is 11.7. The van der Waals surface area contributed by atoms with Crippen molar-refractivity contribution in [2.75, 3.05) is 19.5 Å². The molecule has 26 heavy (non-hydrogen) atoms. The van der Waals surface area contributed by atoms with Gasteiger partial charge in [0.2, 0.25) is 0 Å². The third-order valence-corrected chi connectivity index (χ3v) is 4.94. The monoisotopic (exact) mass is 372 g/mol. The minimum atomic E-state index is -0.449. The van der Waals surface area contributed by atoms with Gasteiger partial charge in [0.1, 0.15) is 27.2 Å². The van der Waals surface area contributed by atoms with Crippen molar-refractivity contribution in [2.45, 2.75) is 6.92 Å². The predicted molar refractivity (Wildman–Crippen MR) is 99.7 cm³/mol. The van der Waals surface area contributed by atoms with Crippen molar-refractivity contribution in [3.63, 3.8) is 0 Å². The third-order valence-electron chi connectivity index (χ3n) is 3.77. The van der Waals surface area contributed by atoms with Crippen LogP contribution < -0.4 is 14.8 Å². The minimum Gasteiger partial charge on any atom is -0.496 e. The van der Waals surface area contributed by atoms with Gasteiger partial charge >= 0.3 is 0 Å². The summed E-state index contributed by atoms with van der Waals surface area (Å²) in [5.41, 5.74) is 1.32. The molecule has 3 rings (SSSR count). The van der Waals surface area contributed by atoms with Crippen molar-refractivity contribution < 1.29 is 18.7 Å². The van der Waals surface area contributed by atoms with Crippen LogP contribution in [0.1, 0.15) is 15.4 Å². The average molecular weight is 372 g/mol. The van der Waals surface area contributed by atoms with Gasteiger partial charge < -0.3 is 14.8 Å². The molecule has 0 aliphatic rings. The Balaban J connectivity index is 1.95. The van der Waals surface area contributed by atoms with Gasteiger partial charge in [0.15, 0.2) is 0 Å². The van der Waals surface area contributed by atoms with Crippen LogP contribution in [-0.2, 0) is 0 Å². The molecule has 0 fully saturated rings. The zero-order valence-electron chi connectivity index (χ0n) is 14.5. The highest BCUT2D eigenvalue weighted by atomic mass is 32.1. The summed E-state index contributed by atoms with van der Waals surface area (Å²) in [5.74, 6) is 0.148. The second-order valence-electron chi connectivity index (χ2n) is 5.41. The fourth-order valence-electron chi connectivity index (χ4n) is 2.52. The first-order valence-electron chi connectivity index (χ1n) is 7.79. The zero-order chi connectivity index (χ0) is 18.7. The summed E-state index contributed by atoms with van der Waals surface area (Å²) >= 11 is 1.11. The molecule has 0 saturated carbocycles. The van der Waals surface area contributed by atoms with Crippen molar-refractivity contribution >= 4 is 22.9 Å². The van der Waals surface area contributed by atoms with Crippen molar-refractivity contribution in [3.05, 3.63) is 58.9 Å². The Morgan fingerprint density at radius 2 is 1.77 bits per heavy atom. The number of nitrogens with one attached hydrogen (secondary N) is 1. The van der Waals surface area contributed by atoms with Crippen LogP contribution in [0.15, 0.2) is 42.5 Å². The lowest BCUT2D eigenvalue weighted by Gasteiger charge is -2.09. The van der Waals surface area contributed by atoms with Gasteiger partial charge in [0.05, 0.1) is 31.2 Å². The number of hydrogen-bond donors (Lipinski definition) is 1. The van der Waals surface area contributed by atoms with E-state index in [1.54, 1.807) is 37.3 Å². The van der Waals surface area contributed by atoms with Crippen LogP contribution in [0.3, 0.4) is 0 Å². The molecule has 1 amide bonds. The van der Waals surface area contributed by atoms with E-state index in [0.29, 0.717) is 32.8 Å². The van der Waals surface area contributed by atoms with Gasteiger partial charge in [-0.15, -0.1) is 11.3 Å². The van der Waals surface area contributed by atoms with Crippen LogP contribution in [-0.4, -0.2) is 25.1 Å². The Kier molecular flexibility index (Phi) is 5.18. The number of rotatable bonds is 5. The van der Waals surface area contributed by atoms with Crippen molar-refractivity contribution in [2.24, 2.45) is 0 Å². The zero-order valence-corrected chi connectivity index (χ0v) is 15.3. The van der Waals surface area contributed by atoms with E-state index in [1.807, 2.05) is 6.07 Å². The first-order valence-corrected chi connectivity index (χ1v) is 8.61. The lowest BCUT2D eigenvalue weighted by molar-refractivity contribution is 0.102. The number of thiazole rings is 1. The van der Waals surface area contributed by atoms with Gasteiger partial charge in [-0.1, -0.05) is 18.2 Å². The number of anilines is 1. The number of benzene rings is 2. The molecule has 1 N–H and O–H groups in total. The van der Waals surface area contributed by atoms with Gasteiger partial charge in [-0.25, -0.2) is 9.37 Å². The minimum absolute atomic E-state index is 0.249. The quantitative estimate of drug-likeness (QED) is 0.715. The number of para-hydroxylation sites is 2. The Morgan fingerprint density at radius 1 is 1.08 bits per heavy atom. The van der Waals surface area contributed by atoms with E-state index in [2.05, 4.69) is 10.3 Å². The maximum absolute atomic E-state index is 14.3. The normalized spacial score (nSPS) is 10.5. The second kappa shape index (κ2) is 7.53. The largest absolute Gasteiger partial charge is 0.496 e. The van der Waals surface area contributed by atoms with Crippen LogP contribution in [0, 0.1) is 12.7 Å². The molecular weight excluding hydrogens is 355 g/mol. The number of halogens is 1. The SMILES string of the molecule is COc1ccccc1NC(=O)c1sc(-c2c(F)cccc2OC)nc1C. The van der Waals surface area contributed by atoms with E-state index in [0.717, 1.165) is 11.3 Å². The molecule has 0 spiro atoms. The molecule has 3 aromatic rings. The van der Waals surface area contributed by atoms with Gasteiger partial charge in [-0.3, -0.25) is 4.79 Å². The maximum atomic E-state index is 14.3. The molecule has 1 heterocycles. The van der Waals surface area contributed by atoms with Crippen LogP contribution >= 0.6 is 11.3 Å². The lowest BCUT2D eigenvalue weighted by Crippen LogP contribution is -2.12. The maximum Gasteiger partial charge on any atom is 0.267 e. The number of methoxy groups -OCH3 is 2. The van der Waals surface area contributed by atoms with Crippen LogP contribution in [0.5, 0.6) is 11.5 Å². The molecule has 0 unspecified atom stereocenters. The van der Waals surface area contributed by atoms with Crippen molar-refractivity contribution in [3.8, 4) is 22.1 Å². The highest BCUT2D eigenvalue weighted by Crippen LogP contribution is 2.36. The van der Waals surface area contributed by atoms with Crippen LogP contribution in [0.25, 0.3) is 10.6 Å². The van der Waals surface area contributed by atoms with Crippen molar-refractivity contribution in [1.29, 1.82) is 0 Å². The Hall–Kier alpha value is -2.93. The molecule has 5 nitrogen and oxygen atoms in total. The van der Waals surface area contributed by atoms with Gasteiger partial charge in [-0.2, -0.15) is 0 Å². The number of aromatic nitrogens is 1. The average Bonchev–Trinajstić information content (AvgIpc) is 3.03. The standard InChI is InChI=1S/C19H17FN2O3S/c1-11-17(18(23)22-13-8-4-5-9-14(13)24-2)26-19(21-11)16-12(20)7-6-10-15(16)25-3/h4-10H,1-3H3,(H,22,23). The van der Waals surface area contributed by atoms with E-state index in [1.165, 1.54) is 20.3 Å². The number of aryl methyl sites for hydroxylation is 1. The van der Waals surface area contributed by atoms with Crippen LogP contribution in [0.2, 0.25) is 0 Å². The highest BCUT2D eigenvalue weighted by molar-refractivity contribution is 7.17. The Labute approximate surface area is 154 Å². The second-order valence-corrected chi connectivity index (χ2v) is 6.40. The Morgan fingerprint density at radius 3 is 2.50 bits per heavy atom. The molecule has 0 bridgehead atoms. The highest BCUT2D eigenvalue weighted by Gasteiger charge is 2.21. The third kappa shape index (κ3) is 3.39. The number of ether oxygens (including phenoxy) is 2. The van der Waals surface area contributed by atoms with E-state index in [-0.39, 0.29) is 11.5 Å². The molecular formula is C19H17FN2O3S. The summed E-state index contributed by atoms with van der Waals surface area (Å²) in [6.45, 7) is 1.71. The van der Waals surface area contributed by atoms with Gasteiger partial charge in [0, 0.05) is 0 Å². The fraction of sp³-hybridized carbons (Fsp3) is 0.158. The number of nitrogens with zero attached hydrogens (tertiary/aromatic N) is 1. The number of hydrogen-bond acceptors (Lipinski definition) is 5. The smallest absolute Gasteiger partial charge is 0.267 e. The van der Waals surface area contributed by atoms with E-state index in [4.69, 9.17) is 9.47 Å². The van der Waals surface area contributed by atoms with E-state index >= 15 is 0 Å². The van der Waals surface area contributed by atoms with E-state index < -0.39 is 5.82 Å². The lowest BCUT2D eigenvalue weighted by atomic mass is 10.2. The molecule has 7 heteroatoms. The predicted octanol–water partition coefficient (Wildman–Crippen LogP) is 4.53. The molecule has 134 valence electrons. The molecule has 1 aromatic heterocycles. The molecule has 0 aliphatic heterocycles. The van der Waals surface area contributed by atoms with Gasteiger partial charge in [-0.05, 0) is 31.2 Å². The van der Waals surface area contributed by atoms with Gasteiger partial charge in [0.25, 0.3) is 5.91 Å². The summed E-state index contributed by atoms with van der Waals surface area (Å²) in [6.07, 6.45) is 0. The molecule has 2 aromatic carbocycles. The number of amides is 1. The first-order chi connectivity index (χ1) is 12.5. The summed E-state index contributed by atoms with van der Waals surface area (Å²) in [7, 11) is 3.00. The first kappa shape index (κ1) is 17.9. The van der Waals surface area contributed by atoms with Crippen molar-refractivity contribution in [1.82, 2.24) is 4.98 Å². The molecule has 0 saturated heterocycles. The summed E-state index contributed by atoms with van der Waals surface area (Å²) in [4.78, 5) is 17.4. The topological polar surface area (TPSA) is 60.5 Å². The summed E-state index contributed by atoms with van der Waals surface area (Å²) in [5, 5.41) is 3.20. The van der Waals surface area contributed by atoms with E-state index in [9.17, 15) is 9.18 Å². The number of carbonyl (C=O) groups is 1. The van der Waals surface area contributed by atoms with Crippen LogP contribution in [0.4, 0.5) is 10.1 Å². The summed E-state index contributed by atoms with van der Waals surface area (Å²) < 4.78 is 24.7. The molecule has 0 radical (unpaired) electrons. The molecule has 0 atom stereocenters. The Bertz CT molecular complexity index is 956. The fourth-order valence-corrected chi connectivity index (χ4v) is 3.54.